The van der Waals surface area contributed by atoms with Crippen molar-refractivity contribution in [3.8, 4) is 0 Å². The van der Waals surface area contributed by atoms with E-state index in [4.69, 9.17) is 10.5 Å². The van der Waals surface area contributed by atoms with Crippen LogP contribution in [0.25, 0.3) is 0 Å². The zero-order valence-corrected chi connectivity index (χ0v) is 13.1. The lowest BCUT2D eigenvalue weighted by atomic mass is 10.1. The van der Waals surface area contributed by atoms with Crippen LogP contribution in [0, 0.1) is 0 Å². The first-order valence-corrected chi connectivity index (χ1v) is 8.38. The van der Waals surface area contributed by atoms with Gasteiger partial charge in [0.25, 0.3) is 0 Å². The van der Waals surface area contributed by atoms with Crippen LogP contribution in [0.1, 0.15) is 36.5 Å². The van der Waals surface area contributed by atoms with Crippen LogP contribution in [0.5, 0.6) is 0 Å². The molecule has 112 valence electrons. The van der Waals surface area contributed by atoms with Crippen LogP contribution < -0.4 is 11.1 Å². The van der Waals surface area contributed by atoms with E-state index in [0.717, 1.165) is 18.7 Å². The molecule has 0 fully saturated rings. The van der Waals surface area contributed by atoms with E-state index in [1.807, 2.05) is 17.8 Å². The topological polar surface area (TPSA) is 64.3 Å². The summed E-state index contributed by atoms with van der Waals surface area (Å²) in [6.07, 6.45) is 5.64. The summed E-state index contributed by atoms with van der Waals surface area (Å²) >= 11 is 1.87. The minimum Gasteiger partial charge on any atom is -0.462 e. The van der Waals surface area contributed by atoms with Gasteiger partial charge in [0.1, 0.15) is 0 Å². The van der Waals surface area contributed by atoms with Gasteiger partial charge in [0.05, 0.1) is 12.2 Å². The van der Waals surface area contributed by atoms with Gasteiger partial charge in [-0.05, 0) is 50.0 Å². The second-order valence-corrected chi connectivity index (χ2v) is 5.49. The van der Waals surface area contributed by atoms with Crippen molar-refractivity contribution < 1.29 is 9.53 Å². The maximum atomic E-state index is 11.9. The lowest BCUT2D eigenvalue weighted by molar-refractivity contribution is 0.0527. The minimum absolute atomic E-state index is 0.329. The molecule has 4 nitrogen and oxygen atoms in total. The fraction of sp³-hybridized carbons (Fsp3) is 0.533. The van der Waals surface area contributed by atoms with E-state index in [9.17, 15) is 4.79 Å². The third-order valence-corrected chi connectivity index (χ3v) is 3.58. The summed E-state index contributed by atoms with van der Waals surface area (Å²) in [6.45, 7) is 3.01. The Hall–Kier alpha value is -1.36. The summed E-state index contributed by atoms with van der Waals surface area (Å²) in [5.74, 6) is 0.875. The number of nitrogen functional groups attached to an aromatic ring is 1. The molecule has 0 atom stereocenters. The Balaban J connectivity index is 2.53. The Labute approximate surface area is 125 Å². The predicted octanol–water partition coefficient (Wildman–Crippen LogP) is 3.39. The van der Waals surface area contributed by atoms with Crippen LogP contribution in [0.4, 0.5) is 11.4 Å². The highest BCUT2D eigenvalue weighted by Crippen LogP contribution is 2.20. The van der Waals surface area contributed by atoms with Crippen molar-refractivity contribution in [3.05, 3.63) is 23.8 Å². The second kappa shape index (κ2) is 9.53. The molecule has 0 aromatic heterocycles. The first-order valence-electron chi connectivity index (χ1n) is 6.98. The number of nitrogens with two attached hydrogens (primary N) is 1. The summed E-state index contributed by atoms with van der Waals surface area (Å²) in [5.41, 5.74) is 7.61. The Kier molecular flexibility index (Phi) is 7.95. The summed E-state index contributed by atoms with van der Waals surface area (Å²) < 4.78 is 5.05. The monoisotopic (exact) mass is 296 g/mol. The molecule has 0 heterocycles. The van der Waals surface area contributed by atoms with E-state index in [0.29, 0.717) is 17.9 Å². The zero-order valence-electron chi connectivity index (χ0n) is 12.3. The van der Waals surface area contributed by atoms with Crippen molar-refractivity contribution in [3.63, 3.8) is 0 Å². The molecule has 3 N–H and O–H groups in total. The molecule has 0 bridgehead atoms. The molecule has 1 rings (SSSR count). The number of carbonyl (C=O) groups is 1. The van der Waals surface area contributed by atoms with Crippen molar-refractivity contribution >= 4 is 29.1 Å². The predicted molar refractivity (Wildman–Crippen MR) is 87.5 cm³/mol. The molecule has 0 aliphatic heterocycles. The molecule has 0 amide bonds. The normalized spacial score (nSPS) is 10.3. The smallest absolute Gasteiger partial charge is 0.340 e. The van der Waals surface area contributed by atoms with Crippen LogP contribution in [-0.2, 0) is 4.74 Å². The molecule has 0 aliphatic carbocycles. The molecule has 1 aromatic rings. The highest BCUT2D eigenvalue weighted by atomic mass is 32.2. The first kappa shape index (κ1) is 16.7. The molecule has 0 aliphatic rings. The quantitative estimate of drug-likeness (QED) is 0.415. The Bertz CT molecular complexity index is 424. The number of unbranched alkanes of at least 4 members (excludes halogenated alkanes) is 2. The lowest BCUT2D eigenvalue weighted by Crippen LogP contribution is -2.11. The Morgan fingerprint density at radius 3 is 2.85 bits per heavy atom. The van der Waals surface area contributed by atoms with Crippen LogP contribution in [0.15, 0.2) is 18.2 Å². The second-order valence-electron chi connectivity index (χ2n) is 4.51. The number of rotatable bonds is 9. The zero-order chi connectivity index (χ0) is 14.8. The van der Waals surface area contributed by atoms with E-state index < -0.39 is 0 Å². The van der Waals surface area contributed by atoms with Gasteiger partial charge in [-0.1, -0.05) is 6.42 Å². The fourth-order valence-electron chi connectivity index (χ4n) is 1.86. The van der Waals surface area contributed by atoms with Gasteiger partial charge in [-0.2, -0.15) is 11.8 Å². The van der Waals surface area contributed by atoms with Crippen molar-refractivity contribution in [1.29, 1.82) is 0 Å². The number of nitrogens with one attached hydrogen (secondary N) is 1. The number of anilines is 2. The molecule has 0 unspecified atom stereocenters. The van der Waals surface area contributed by atoms with Crippen molar-refractivity contribution in [1.82, 2.24) is 0 Å². The number of hydrogen-bond donors (Lipinski definition) is 2. The summed E-state index contributed by atoms with van der Waals surface area (Å²) in [5, 5.41) is 3.29. The van der Waals surface area contributed by atoms with Crippen molar-refractivity contribution in [2.24, 2.45) is 0 Å². The molecule has 1 aromatic carbocycles. The molecule has 20 heavy (non-hydrogen) atoms. The third-order valence-electron chi connectivity index (χ3n) is 2.88. The van der Waals surface area contributed by atoms with Gasteiger partial charge in [0.2, 0.25) is 0 Å². The molecule has 0 radical (unpaired) electrons. The van der Waals surface area contributed by atoms with Crippen LogP contribution >= 0.6 is 11.8 Å². The number of ether oxygens (including phenoxy) is 1. The SMILES string of the molecule is CCOC(=O)c1cc(N)ccc1NCCCCCSC. The number of carbonyl (C=O) groups excluding carboxylic acids is 1. The minimum atomic E-state index is -0.329. The van der Waals surface area contributed by atoms with Crippen LogP contribution in [0.2, 0.25) is 0 Å². The fourth-order valence-corrected chi connectivity index (χ4v) is 2.36. The van der Waals surface area contributed by atoms with Gasteiger partial charge in [0, 0.05) is 17.9 Å². The average molecular weight is 296 g/mol. The summed E-state index contributed by atoms with van der Waals surface area (Å²) in [7, 11) is 0. The van der Waals surface area contributed by atoms with E-state index >= 15 is 0 Å². The lowest BCUT2D eigenvalue weighted by Gasteiger charge is -2.12. The van der Waals surface area contributed by atoms with Crippen molar-refractivity contribution in [2.45, 2.75) is 26.2 Å². The number of thioether (sulfide) groups is 1. The van der Waals surface area contributed by atoms with Gasteiger partial charge < -0.3 is 15.8 Å². The van der Waals surface area contributed by atoms with Gasteiger partial charge in [-0.25, -0.2) is 4.79 Å². The highest BCUT2D eigenvalue weighted by molar-refractivity contribution is 7.98. The molecule has 0 spiro atoms. The maximum Gasteiger partial charge on any atom is 0.340 e. The van der Waals surface area contributed by atoms with Crippen LogP contribution in [0.3, 0.4) is 0 Å². The van der Waals surface area contributed by atoms with Gasteiger partial charge in [-0.3, -0.25) is 0 Å². The molecule has 0 saturated heterocycles. The molecule has 5 heteroatoms. The van der Waals surface area contributed by atoms with Gasteiger partial charge in [-0.15, -0.1) is 0 Å². The van der Waals surface area contributed by atoms with E-state index in [1.54, 1.807) is 19.1 Å². The summed E-state index contributed by atoms with van der Waals surface area (Å²) in [4.78, 5) is 11.9. The number of benzene rings is 1. The number of hydrogen-bond acceptors (Lipinski definition) is 5. The van der Waals surface area contributed by atoms with Crippen molar-refractivity contribution in [2.75, 3.05) is 36.2 Å². The van der Waals surface area contributed by atoms with E-state index in [1.165, 1.54) is 18.6 Å². The Morgan fingerprint density at radius 1 is 1.35 bits per heavy atom. The van der Waals surface area contributed by atoms with Crippen LogP contribution in [-0.4, -0.2) is 31.1 Å². The molecular weight excluding hydrogens is 272 g/mol. The van der Waals surface area contributed by atoms with Gasteiger partial charge in [0.15, 0.2) is 0 Å². The standard InChI is InChI=1S/C15H24N2O2S/c1-3-19-15(18)13-11-12(16)7-8-14(13)17-9-5-4-6-10-20-2/h7-8,11,17H,3-6,9-10,16H2,1-2H3. The highest BCUT2D eigenvalue weighted by Gasteiger charge is 2.12. The third kappa shape index (κ3) is 5.74. The van der Waals surface area contributed by atoms with E-state index in [-0.39, 0.29) is 5.97 Å². The molecular formula is C15H24N2O2S. The summed E-state index contributed by atoms with van der Waals surface area (Å²) in [6, 6.07) is 5.29. The average Bonchev–Trinajstić information content (AvgIpc) is 2.44. The Morgan fingerprint density at radius 2 is 2.15 bits per heavy atom. The number of esters is 1. The van der Waals surface area contributed by atoms with Gasteiger partial charge >= 0.3 is 5.97 Å². The molecule has 0 saturated carbocycles. The first-order chi connectivity index (χ1) is 9.69. The largest absolute Gasteiger partial charge is 0.462 e. The van der Waals surface area contributed by atoms with E-state index in [2.05, 4.69) is 11.6 Å². The maximum absolute atomic E-state index is 11.9.